The third kappa shape index (κ3) is 4.84. The predicted octanol–water partition coefficient (Wildman–Crippen LogP) is 2.07. The van der Waals surface area contributed by atoms with Crippen LogP contribution in [0.2, 0.25) is 0 Å². The lowest BCUT2D eigenvalue weighted by atomic mass is 9.76. The van der Waals surface area contributed by atoms with E-state index in [-0.39, 0.29) is 0 Å². The smallest absolute Gasteiger partial charge is 0.139 e. The van der Waals surface area contributed by atoms with Crippen molar-refractivity contribution in [2.75, 3.05) is 13.1 Å². The summed E-state index contributed by atoms with van der Waals surface area (Å²) in [5.41, 5.74) is 5.89. The number of rotatable bonds is 6. The minimum absolute atomic E-state index is 0.325. The summed E-state index contributed by atoms with van der Waals surface area (Å²) in [5.74, 6) is 0.325. The highest BCUT2D eigenvalue weighted by molar-refractivity contribution is 5.79. The Morgan fingerprint density at radius 1 is 1.38 bits per heavy atom. The Kier molecular flexibility index (Phi) is 5.60. The van der Waals surface area contributed by atoms with Crippen molar-refractivity contribution in [1.29, 1.82) is 0 Å². The van der Waals surface area contributed by atoms with Gasteiger partial charge in [0.25, 0.3) is 0 Å². The van der Waals surface area contributed by atoms with Crippen molar-refractivity contribution in [3.63, 3.8) is 0 Å². The lowest BCUT2D eigenvalue weighted by Gasteiger charge is -2.33. The van der Waals surface area contributed by atoms with E-state index in [1.165, 1.54) is 32.1 Å². The van der Waals surface area contributed by atoms with Crippen molar-refractivity contribution in [2.45, 2.75) is 51.9 Å². The molecule has 0 heterocycles. The minimum Gasteiger partial charge on any atom is -0.409 e. The van der Waals surface area contributed by atoms with Gasteiger partial charge in [-0.1, -0.05) is 31.3 Å². The van der Waals surface area contributed by atoms with Gasteiger partial charge >= 0.3 is 0 Å². The van der Waals surface area contributed by atoms with Crippen LogP contribution in [0.5, 0.6) is 0 Å². The molecule has 0 atom stereocenters. The third-order valence-electron chi connectivity index (χ3n) is 3.53. The quantitative estimate of drug-likeness (QED) is 0.214. The zero-order valence-corrected chi connectivity index (χ0v) is 10.3. The van der Waals surface area contributed by atoms with Crippen molar-refractivity contribution < 1.29 is 5.21 Å². The first-order chi connectivity index (χ1) is 7.66. The molecule has 1 aliphatic rings. The van der Waals surface area contributed by atoms with Crippen LogP contribution in [0.15, 0.2) is 5.16 Å². The summed E-state index contributed by atoms with van der Waals surface area (Å²) in [6.45, 7) is 4.43. The highest BCUT2D eigenvalue weighted by Gasteiger charge is 2.25. The predicted molar refractivity (Wildman–Crippen MR) is 66.7 cm³/mol. The first-order valence-corrected chi connectivity index (χ1v) is 6.33. The monoisotopic (exact) mass is 227 g/mol. The van der Waals surface area contributed by atoms with Crippen molar-refractivity contribution in [3.05, 3.63) is 0 Å². The molecule has 4 heteroatoms. The Bertz CT molecular complexity index is 222. The van der Waals surface area contributed by atoms with Crippen LogP contribution >= 0.6 is 0 Å². The normalized spacial score (nSPS) is 20.9. The van der Waals surface area contributed by atoms with Gasteiger partial charge in [-0.2, -0.15) is 0 Å². The summed E-state index contributed by atoms with van der Waals surface area (Å²) in [6, 6.07) is 0. The number of nitrogens with one attached hydrogen (secondary N) is 1. The van der Waals surface area contributed by atoms with Crippen LogP contribution in [-0.4, -0.2) is 24.1 Å². The Hall–Kier alpha value is -0.770. The van der Waals surface area contributed by atoms with Gasteiger partial charge in [-0.05, 0) is 31.2 Å². The van der Waals surface area contributed by atoms with Gasteiger partial charge in [0.1, 0.15) is 5.84 Å². The molecule has 1 rings (SSSR count). The average molecular weight is 227 g/mol. The van der Waals surface area contributed by atoms with Gasteiger partial charge in [-0.3, -0.25) is 0 Å². The zero-order valence-electron chi connectivity index (χ0n) is 10.3. The average Bonchev–Trinajstić information content (AvgIpc) is 2.29. The van der Waals surface area contributed by atoms with E-state index in [0.29, 0.717) is 17.7 Å². The summed E-state index contributed by atoms with van der Waals surface area (Å²) < 4.78 is 0. The maximum absolute atomic E-state index is 8.38. The molecule has 0 bridgehead atoms. The molecule has 0 amide bonds. The first kappa shape index (κ1) is 13.3. The summed E-state index contributed by atoms with van der Waals surface area (Å²) in [4.78, 5) is 0. The van der Waals surface area contributed by atoms with E-state index in [9.17, 15) is 0 Å². The van der Waals surface area contributed by atoms with E-state index < -0.39 is 0 Å². The second-order valence-corrected chi connectivity index (χ2v) is 5.24. The van der Waals surface area contributed by atoms with E-state index >= 15 is 0 Å². The van der Waals surface area contributed by atoms with Crippen LogP contribution in [0.3, 0.4) is 0 Å². The molecule has 16 heavy (non-hydrogen) atoms. The van der Waals surface area contributed by atoms with Crippen molar-refractivity contribution >= 4 is 5.84 Å². The molecule has 94 valence electrons. The third-order valence-corrected chi connectivity index (χ3v) is 3.53. The Morgan fingerprint density at radius 3 is 2.69 bits per heavy atom. The Labute approximate surface area is 98.3 Å². The minimum atomic E-state index is 0.325. The Morgan fingerprint density at radius 2 is 2.06 bits per heavy atom. The molecule has 4 nitrogen and oxygen atoms in total. The van der Waals surface area contributed by atoms with E-state index in [4.69, 9.17) is 10.9 Å². The number of oxime groups is 1. The molecule has 1 fully saturated rings. The van der Waals surface area contributed by atoms with E-state index in [1.54, 1.807) is 0 Å². The van der Waals surface area contributed by atoms with Crippen LogP contribution in [0.4, 0.5) is 0 Å². The van der Waals surface area contributed by atoms with E-state index in [0.717, 1.165) is 19.5 Å². The van der Waals surface area contributed by atoms with Crippen molar-refractivity contribution in [2.24, 2.45) is 16.3 Å². The fourth-order valence-corrected chi connectivity index (χ4v) is 2.42. The molecule has 0 aliphatic heterocycles. The molecular weight excluding hydrogens is 202 g/mol. The SMILES string of the molecule is CC1(CNCCCC(N)=NO)CCCCC1. The van der Waals surface area contributed by atoms with E-state index in [2.05, 4.69) is 17.4 Å². The number of nitrogens with zero attached hydrogens (tertiary/aromatic N) is 1. The molecule has 0 saturated heterocycles. The molecular formula is C12H25N3O. The van der Waals surface area contributed by atoms with Crippen LogP contribution in [0.25, 0.3) is 0 Å². The maximum Gasteiger partial charge on any atom is 0.139 e. The lowest BCUT2D eigenvalue weighted by Crippen LogP contribution is -2.34. The van der Waals surface area contributed by atoms with Gasteiger partial charge in [0.2, 0.25) is 0 Å². The van der Waals surface area contributed by atoms with Gasteiger partial charge in [-0.15, -0.1) is 0 Å². The molecule has 0 aromatic heterocycles. The van der Waals surface area contributed by atoms with Crippen molar-refractivity contribution in [3.8, 4) is 0 Å². The van der Waals surface area contributed by atoms with Gasteiger partial charge in [0.05, 0.1) is 0 Å². The molecule has 0 aromatic carbocycles. The fourth-order valence-electron chi connectivity index (χ4n) is 2.42. The van der Waals surface area contributed by atoms with Crippen molar-refractivity contribution in [1.82, 2.24) is 5.32 Å². The van der Waals surface area contributed by atoms with Crippen LogP contribution < -0.4 is 11.1 Å². The van der Waals surface area contributed by atoms with Gasteiger partial charge in [-0.25, -0.2) is 0 Å². The van der Waals surface area contributed by atoms with Crippen LogP contribution in [-0.2, 0) is 0 Å². The second kappa shape index (κ2) is 6.74. The maximum atomic E-state index is 8.38. The molecule has 4 N–H and O–H groups in total. The fraction of sp³-hybridized carbons (Fsp3) is 0.917. The standard InChI is InChI=1S/C12H25N3O/c1-12(7-3-2-4-8-12)10-14-9-5-6-11(13)15-16/h14,16H,2-10H2,1H3,(H2,13,15). The number of nitrogens with two attached hydrogens (primary N) is 1. The first-order valence-electron chi connectivity index (χ1n) is 6.33. The lowest BCUT2D eigenvalue weighted by molar-refractivity contribution is 0.208. The molecule has 0 spiro atoms. The van der Waals surface area contributed by atoms with Crippen LogP contribution in [0, 0.1) is 5.41 Å². The summed E-state index contributed by atoms with van der Waals surface area (Å²) in [6.07, 6.45) is 8.45. The summed E-state index contributed by atoms with van der Waals surface area (Å²) in [7, 11) is 0. The number of hydrogen-bond acceptors (Lipinski definition) is 3. The van der Waals surface area contributed by atoms with Gasteiger partial charge < -0.3 is 16.3 Å². The van der Waals surface area contributed by atoms with Gasteiger partial charge in [0, 0.05) is 13.0 Å². The molecule has 0 unspecified atom stereocenters. The molecule has 0 aromatic rings. The highest BCUT2D eigenvalue weighted by Crippen LogP contribution is 2.34. The highest BCUT2D eigenvalue weighted by atomic mass is 16.4. The summed E-state index contributed by atoms with van der Waals surface area (Å²) in [5, 5.41) is 14.8. The van der Waals surface area contributed by atoms with E-state index in [1.807, 2.05) is 0 Å². The molecule has 1 aliphatic carbocycles. The van der Waals surface area contributed by atoms with Gasteiger partial charge in [0.15, 0.2) is 0 Å². The molecule has 0 radical (unpaired) electrons. The topological polar surface area (TPSA) is 70.6 Å². The number of amidine groups is 1. The zero-order chi connectivity index (χ0) is 11.9. The second-order valence-electron chi connectivity index (χ2n) is 5.24. The molecule has 1 saturated carbocycles. The Balaban J connectivity index is 2.06. The largest absolute Gasteiger partial charge is 0.409 e. The van der Waals surface area contributed by atoms with Crippen LogP contribution in [0.1, 0.15) is 51.9 Å². The number of hydrogen-bond donors (Lipinski definition) is 3. The summed E-state index contributed by atoms with van der Waals surface area (Å²) >= 11 is 0.